The van der Waals surface area contributed by atoms with Gasteiger partial charge < -0.3 is 29.2 Å². The van der Waals surface area contributed by atoms with Crippen molar-refractivity contribution in [2.45, 2.75) is 19.0 Å². The van der Waals surface area contributed by atoms with E-state index >= 15 is 0 Å². The van der Waals surface area contributed by atoms with Crippen LogP contribution in [0.1, 0.15) is 12.0 Å². The van der Waals surface area contributed by atoms with Crippen molar-refractivity contribution in [3.8, 4) is 17.2 Å². The molecule has 1 aromatic carbocycles. The third-order valence-corrected chi connectivity index (χ3v) is 5.46. The van der Waals surface area contributed by atoms with E-state index in [9.17, 15) is 0 Å². The number of guanidine groups is 1. The summed E-state index contributed by atoms with van der Waals surface area (Å²) in [7, 11) is 6.75. The highest BCUT2D eigenvalue weighted by molar-refractivity contribution is 5.80. The van der Waals surface area contributed by atoms with Crippen LogP contribution in [-0.2, 0) is 11.3 Å². The number of likely N-dealkylation sites (tertiary alicyclic amines) is 1. The Labute approximate surface area is 167 Å². The van der Waals surface area contributed by atoms with Gasteiger partial charge in [0.1, 0.15) is 5.75 Å². The second-order valence-electron chi connectivity index (χ2n) is 6.96. The van der Waals surface area contributed by atoms with E-state index in [1.54, 1.807) is 21.3 Å². The molecule has 2 aliphatic rings. The number of ether oxygens (including phenoxy) is 4. The van der Waals surface area contributed by atoms with Crippen LogP contribution in [0.2, 0.25) is 0 Å². The topological polar surface area (TPSA) is 67.8 Å². The molecule has 1 N–H and O–H groups in total. The average molecular weight is 393 g/mol. The molecule has 0 bridgehead atoms. The van der Waals surface area contributed by atoms with Crippen LogP contribution in [0.25, 0.3) is 0 Å². The summed E-state index contributed by atoms with van der Waals surface area (Å²) in [6.07, 6.45) is 1.15. The highest BCUT2D eigenvalue weighted by Gasteiger charge is 2.30. The predicted octanol–water partition coefficient (Wildman–Crippen LogP) is 1.19. The van der Waals surface area contributed by atoms with Gasteiger partial charge in [-0.1, -0.05) is 0 Å². The standard InChI is InChI=1S/C20H32N4O4/c1-21-20(24-6-5-16(14-24)23-7-9-28-10-8-23)22-13-15-11-18(26-3)19(27-4)12-17(15)25-2/h11-12,16H,5-10,13-14H2,1-4H3,(H,21,22). The lowest BCUT2D eigenvalue weighted by Crippen LogP contribution is -2.46. The van der Waals surface area contributed by atoms with Crippen LogP contribution >= 0.6 is 0 Å². The number of nitrogens with zero attached hydrogens (tertiary/aromatic N) is 3. The molecule has 0 amide bonds. The van der Waals surface area contributed by atoms with E-state index in [0.717, 1.165) is 63.1 Å². The first-order valence-electron chi connectivity index (χ1n) is 9.76. The van der Waals surface area contributed by atoms with Gasteiger partial charge in [-0.3, -0.25) is 9.89 Å². The number of nitrogens with one attached hydrogen (secondary N) is 1. The van der Waals surface area contributed by atoms with Crippen molar-refractivity contribution in [3.63, 3.8) is 0 Å². The quantitative estimate of drug-likeness (QED) is 0.576. The fourth-order valence-electron chi connectivity index (χ4n) is 3.91. The van der Waals surface area contributed by atoms with Crippen molar-refractivity contribution in [2.24, 2.45) is 4.99 Å². The number of benzene rings is 1. The fraction of sp³-hybridized carbons (Fsp3) is 0.650. The van der Waals surface area contributed by atoms with E-state index in [2.05, 4.69) is 20.1 Å². The maximum absolute atomic E-state index is 5.53. The number of hydrogen-bond donors (Lipinski definition) is 1. The molecule has 2 aliphatic heterocycles. The summed E-state index contributed by atoms with van der Waals surface area (Å²) in [5.41, 5.74) is 0.991. The van der Waals surface area contributed by atoms with E-state index in [1.807, 2.05) is 19.2 Å². The zero-order chi connectivity index (χ0) is 19.9. The molecular weight excluding hydrogens is 360 g/mol. The van der Waals surface area contributed by atoms with Crippen molar-refractivity contribution in [2.75, 3.05) is 67.8 Å². The van der Waals surface area contributed by atoms with E-state index in [4.69, 9.17) is 18.9 Å². The third kappa shape index (κ3) is 4.62. The zero-order valence-electron chi connectivity index (χ0n) is 17.4. The Bertz CT molecular complexity index is 676. The SMILES string of the molecule is CN=C(NCc1cc(OC)c(OC)cc1OC)N1CCC(N2CCOCC2)C1. The molecule has 0 saturated carbocycles. The van der Waals surface area contributed by atoms with Gasteiger partial charge in [0.25, 0.3) is 0 Å². The summed E-state index contributed by atoms with van der Waals surface area (Å²) in [5, 5.41) is 3.47. The summed E-state index contributed by atoms with van der Waals surface area (Å²) >= 11 is 0. The first kappa shape index (κ1) is 20.5. The molecule has 0 aliphatic carbocycles. The molecule has 0 aromatic heterocycles. The molecule has 2 fully saturated rings. The molecule has 8 nitrogen and oxygen atoms in total. The maximum Gasteiger partial charge on any atom is 0.193 e. The van der Waals surface area contributed by atoms with Crippen LogP contribution < -0.4 is 19.5 Å². The molecule has 1 atom stereocenters. The Morgan fingerprint density at radius 2 is 1.75 bits per heavy atom. The summed E-state index contributed by atoms with van der Waals surface area (Å²) in [6.45, 7) is 6.30. The van der Waals surface area contributed by atoms with Crippen LogP contribution in [-0.4, -0.2) is 89.6 Å². The van der Waals surface area contributed by atoms with Gasteiger partial charge in [-0.2, -0.15) is 0 Å². The second kappa shape index (κ2) is 9.84. The van der Waals surface area contributed by atoms with E-state index in [-0.39, 0.29) is 0 Å². The second-order valence-corrected chi connectivity index (χ2v) is 6.96. The van der Waals surface area contributed by atoms with Crippen molar-refractivity contribution >= 4 is 5.96 Å². The average Bonchev–Trinajstić information content (AvgIpc) is 3.24. The van der Waals surface area contributed by atoms with Gasteiger partial charge in [-0.25, -0.2) is 0 Å². The summed E-state index contributed by atoms with van der Waals surface area (Å²) in [4.78, 5) is 9.35. The molecule has 2 saturated heterocycles. The minimum Gasteiger partial charge on any atom is -0.496 e. The van der Waals surface area contributed by atoms with Gasteiger partial charge in [0.15, 0.2) is 17.5 Å². The molecule has 8 heteroatoms. The van der Waals surface area contributed by atoms with Crippen LogP contribution in [0.4, 0.5) is 0 Å². The summed E-state index contributed by atoms with van der Waals surface area (Å²) in [6, 6.07) is 4.36. The Balaban J connectivity index is 1.63. The van der Waals surface area contributed by atoms with Crippen molar-refractivity contribution < 1.29 is 18.9 Å². The normalized spacial score (nSPS) is 20.9. The van der Waals surface area contributed by atoms with Crippen LogP contribution in [0.15, 0.2) is 17.1 Å². The molecule has 0 spiro atoms. The number of hydrogen-bond acceptors (Lipinski definition) is 6. The molecule has 1 aromatic rings. The molecule has 28 heavy (non-hydrogen) atoms. The van der Waals surface area contributed by atoms with Crippen LogP contribution in [0.5, 0.6) is 17.2 Å². The largest absolute Gasteiger partial charge is 0.496 e. The van der Waals surface area contributed by atoms with Gasteiger partial charge in [-0.05, 0) is 12.5 Å². The number of methoxy groups -OCH3 is 3. The zero-order valence-corrected chi connectivity index (χ0v) is 17.4. The molecular formula is C20H32N4O4. The Morgan fingerprint density at radius 3 is 2.39 bits per heavy atom. The minimum absolute atomic E-state index is 0.568. The van der Waals surface area contributed by atoms with Gasteiger partial charge in [0.05, 0.1) is 34.5 Å². The summed E-state index contributed by atoms with van der Waals surface area (Å²) < 4.78 is 21.8. The van der Waals surface area contributed by atoms with Gasteiger partial charge in [0, 0.05) is 57.4 Å². The smallest absolute Gasteiger partial charge is 0.193 e. The number of aliphatic imine (C=N–C) groups is 1. The van der Waals surface area contributed by atoms with Crippen molar-refractivity contribution in [1.82, 2.24) is 15.1 Å². The molecule has 156 valence electrons. The molecule has 0 radical (unpaired) electrons. The summed E-state index contributed by atoms with van der Waals surface area (Å²) in [5.74, 6) is 3.00. The van der Waals surface area contributed by atoms with Crippen LogP contribution in [0, 0.1) is 0 Å². The Morgan fingerprint density at radius 1 is 1.07 bits per heavy atom. The van der Waals surface area contributed by atoms with Gasteiger partial charge >= 0.3 is 0 Å². The lowest BCUT2D eigenvalue weighted by Gasteiger charge is -2.32. The monoisotopic (exact) mass is 392 g/mol. The van der Waals surface area contributed by atoms with Gasteiger partial charge in [0.2, 0.25) is 0 Å². The number of morpholine rings is 1. The van der Waals surface area contributed by atoms with E-state index < -0.39 is 0 Å². The lowest BCUT2D eigenvalue weighted by molar-refractivity contribution is 0.0195. The van der Waals surface area contributed by atoms with Crippen molar-refractivity contribution in [3.05, 3.63) is 17.7 Å². The van der Waals surface area contributed by atoms with Crippen molar-refractivity contribution in [1.29, 1.82) is 0 Å². The Hall–Kier alpha value is -2.19. The number of rotatable bonds is 6. The Kier molecular flexibility index (Phi) is 7.22. The first-order chi connectivity index (χ1) is 13.7. The molecule has 3 rings (SSSR count). The molecule has 2 heterocycles. The third-order valence-electron chi connectivity index (χ3n) is 5.46. The molecule has 1 unspecified atom stereocenters. The highest BCUT2D eigenvalue weighted by Crippen LogP contribution is 2.34. The van der Waals surface area contributed by atoms with Gasteiger partial charge in [-0.15, -0.1) is 0 Å². The first-order valence-corrected chi connectivity index (χ1v) is 9.76. The van der Waals surface area contributed by atoms with E-state index in [1.165, 1.54) is 0 Å². The van der Waals surface area contributed by atoms with Crippen LogP contribution in [0.3, 0.4) is 0 Å². The maximum atomic E-state index is 5.53. The highest BCUT2D eigenvalue weighted by atomic mass is 16.5. The lowest BCUT2D eigenvalue weighted by atomic mass is 10.1. The minimum atomic E-state index is 0.568. The van der Waals surface area contributed by atoms with E-state index in [0.29, 0.717) is 24.1 Å². The fourth-order valence-corrected chi connectivity index (χ4v) is 3.91. The predicted molar refractivity (Wildman–Crippen MR) is 109 cm³/mol.